The first-order valence-corrected chi connectivity index (χ1v) is 13.4. The molecule has 1 unspecified atom stereocenters. The molecule has 1 aliphatic heterocycles. The van der Waals surface area contributed by atoms with Gasteiger partial charge in [-0.05, 0) is 48.6 Å². The van der Waals surface area contributed by atoms with Crippen LogP contribution >= 0.6 is 0 Å². The fourth-order valence-electron chi connectivity index (χ4n) is 5.03. The molecule has 5 rings (SSSR count). The van der Waals surface area contributed by atoms with Gasteiger partial charge in [0.15, 0.2) is 5.65 Å². The summed E-state index contributed by atoms with van der Waals surface area (Å²) in [5.41, 5.74) is 10.6. The number of piperidine rings is 1. The van der Waals surface area contributed by atoms with E-state index in [9.17, 15) is 9.59 Å². The van der Waals surface area contributed by atoms with E-state index in [4.69, 9.17) is 15.9 Å². The zero-order valence-corrected chi connectivity index (χ0v) is 22.6. The molecule has 10 heteroatoms. The molecule has 0 aliphatic carbocycles. The van der Waals surface area contributed by atoms with Crippen molar-refractivity contribution in [1.29, 1.82) is 0 Å². The van der Waals surface area contributed by atoms with E-state index in [2.05, 4.69) is 29.1 Å². The van der Waals surface area contributed by atoms with Gasteiger partial charge in [-0.2, -0.15) is 5.10 Å². The predicted octanol–water partition coefficient (Wildman–Crippen LogP) is 4.16. The van der Waals surface area contributed by atoms with Crippen molar-refractivity contribution in [2.45, 2.75) is 38.6 Å². The lowest BCUT2D eigenvalue weighted by Crippen LogP contribution is -2.40. The minimum Gasteiger partial charge on any atom is -0.392 e. The highest BCUT2D eigenvalue weighted by molar-refractivity contribution is 6.06. The number of aliphatic hydroxyl groups excluding tert-OH is 1. The highest BCUT2D eigenvalue weighted by atomic mass is 16.2. The van der Waals surface area contributed by atoms with Gasteiger partial charge in [-0.3, -0.25) is 9.59 Å². The van der Waals surface area contributed by atoms with Gasteiger partial charge in [0.1, 0.15) is 17.8 Å². The van der Waals surface area contributed by atoms with Crippen LogP contribution < -0.4 is 11.1 Å². The van der Waals surface area contributed by atoms with Crippen LogP contribution in [-0.4, -0.2) is 61.3 Å². The summed E-state index contributed by atoms with van der Waals surface area (Å²) in [6.45, 7) is 5.15. The first-order valence-electron chi connectivity index (χ1n) is 13.4. The molecule has 4 N–H and O–H groups in total. The number of nitrogens with one attached hydrogen (secondary N) is 1. The molecular weight excluding hydrogens is 506 g/mol. The molecule has 0 saturated carbocycles. The summed E-state index contributed by atoms with van der Waals surface area (Å²) in [6, 6.07) is 14.9. The Morgan fingerprint density at radius 1 is 1.18 bits per heavy atom. The summed E-state index contributed by atoms with van der Waals surface area (Å²) >= 11 is 0. The number of benzene rings is 2. The molecular formula is C30H33N7O3. The summed E-state index contributed by atoms with van der Waals surface area (Å²) < 4.78 is 1.82. The largest absolute Gasteiger partial charge is 0.392 e. The highest BCUT2D eigenvalue weighted by Crippen LogP contribution is 2.34. The number of anilines is 2. The maximum absolute atomic E-state index is 13.1. The number of likely N-dealkylation sites (tertiary alicyclic amines) is 1. The Balaban J connectivity index is 1.45. The maximum Gasteiger partial charge on any atom is 0.255 e. The van der Waals surface area contributed by atoms with Crippen LogP contribution in [0.4, 0.5) is 11.5 Å². The van der Waals surface area contributed by atoms with E-state index in [1.165, 1.54) is 24.0 Å². The van der Waals surface area contributed by atoms with Gasteiger partial charge in [-0.1, -0.05) is 44.2 Å². The van der Waals surface area contributed by atoms with Crippen LogP contribution in [-0.2, 0) is 4.79 Å². The third kappa shape index (κ3) is 5.57. The maximum atomic E-state index is 13.1. The van der Waals surface area contributed by atoms with Crippen molar-refractivity contribution in [2.24, 2.45) is 0 Å². The number of nitrogen functional groups attached to an aromatic ring is 1. The molecule has 0 radical (unpaired) electrons. The van der Waals surface area contributed by atoms with Crippen LogP contribution in [0.25, 0.3) is 22.3 Å². The molecule has 10 nitrogen and oxygen atoms in total. The Labute approximate surface area is 232 Å². The average Bonchev–Trinajstić information content (AvgIpc) is 3.37. The van der Waals surface area contributed by atoms with Crippen molar-refractivity contribution in [3.63, 3.8) is 0 Å². The monoisotopic (exact) mass is 539 g/mol. The van der Waals surface area contributed by atoms with E-state index >= 15 is 0 Å². The lowest BCUT2D eigenvalue weighted by Gasteiger charge is -2.32. The molecule has 2 aromatic carbocycles. The number of nitrogens with zero attached hydrogens (tertiary/aromatic N) is 5. The molecule has 206 valence electrons. The van der Waals surface area contributed by atoms with E-state index < -0.39 is 0 Å². The van der Waals surface area contributed by atoms with Gasteiger partial charge >= 0.3 is 0 Å². The molecule has 4 aromatic rings. The number of carbonyl (C=O) groups excluding carboxylic acids is 2. The van der Waals surface area contributed by atoms with Crippen LogP contribution in [0.1, 0.15) is 54.6 Å². The Morgan fingerprint density at radius 2 is 1.98 bits per heavy atom. The van der Waals surface area contributed by atoms with Crippen LogP contribution in [0.2, 0.25) is 0 Å². The number of rotatable bonds is 7. The van der Waals surface area contributed by atoms with Crippen LogP contribution in [0, 0.1) is 0 Å². The molecule has 1 atom stereocenters. The third-order valence-electron chi connectivity index (χ3n) is 7.17. The minimum atomic E-state index is -0.232. The first-order chi connectivity index (χ1) is 19.4. The molecule has 3 heterocycles. The molecule has 0 bridgehead atoms. The van der Waals surface area contributed by atoms with Crippen LogP contribution in [0.15, 0.2) is 67.0 Å². The van der Waals surface area contributed by atoms with Gasteiger partial charge < -0.3 is 21.1 Å². The van der Waals surface area contributed by atoms with E-state index in [-0.39, 0.29) is 24.5 Å². The number of amides is 2. The fourth-order valence-corrected chi connectivity index (χ4v) is 5.03. The van der Waals surface area contributed by atoms with Crippen molar-refractivity contribution in [2.75, 3.05) is 30.7 Å². The lowest BCUT2D eigenvalue weighted by molar-refractivity contribution is -0.127. The topological polar surface area (TPSA) is 139 Å². The second-order valence-electron chi connectivity index (χ2n) is 10.2. The van der Waals surface area contributed by atoms with E-state index in [1.54, 1.807) is 17.0 Å². The number of fused-ring (bicyclic) bond motifs is 1. The van der Waals surface area contributed by atoms with E-state index in [0.29, 0.717) is 52.7 Å². The smallest absolute Gasteiger partial charge is 0.255 e. The van der Waals surface area contributed by atoms with Crippen molar-refractivity contribution in [3.8, 4) is 11.3 Å². The van der Waals surface area contributed by atoms with Gasteiger partial charge in [0.2, 0.25) is 5.91 Å². The Bertz CT molecular complexity index is 1560. The normalized spacial score (nSPS) is 15.7. The van der Waals surface area contributed by atoms with Crippen molar-refractivity contribution >= 4 is 34.4 Å². The van der Waals surface area contributed by atoms with Gasteiger partial charge in [0.05, 0.1) is 18.0 Å². The zero-order valence-electron chi connectivity index (χ0n) is 22.6. The summed E-state index contributed by atoms with van der Waals surface area (Å²) in [7, 11) is 0. The number of aromatic nitrogens is 4. The third-order valence-corrected chi connectivity index (χ3v) is 7.17. The number of nitrogens with two attached hydrogens (primary N) is 1. The lowest BCUT2D eigenvalue weighted by atomic mass is 10.0. The number of aliphatic hydroxyl groups is 1. The van der Waals surface area contributed by atoms with E-state index in [0.717, 1.165) is 18.5 Å². The quantitative estimate of drug-likeness (QED) is 0.300. The predicted molar refractivity (Wildman–Crippen MR) is 155 cm³/mol. The SMILES string of the molecule is CC(C)c1ccc(NC(=O)c2cccc(-c3nn(C4CCCN(C(=O)C=CCO)C4)c4ncnc(N)c34)c2)cc1. The van der Waals surface area contributed by atoms with Gasteiger partial charge in [-0.15, -0.1) is 0 Å². The average molecular weight is 540 g/mol. The summed E-state index contributed by atoms with van der Waals surface area (Å²) in [5, 5.41) is 17.5. The van der Waals surface area contributed by atoms with Crippen molar-refractivity contribution in [3.05, 3.63) is 78.1 Å². The Hall–Kier alpha value is -4.57. The Kier molecular flexibility index (Phi) is 7.88. The first kappa shape index (κ1) is 27.0. The van der Waals surface area contributed by atoms with Crippen LogP contribution in [0.5, 0.6) is 0 Å². The minimum absolute atomic E-state index is 0.119. The summed E-state index contributed by atoms with van der Waals surface area (Å²) in [5.74, 6) is 0.320. The zero-order chi connectivity index (χ0) is 28.2. The van der Waals surface area contributed by atoms with Crippen molar-refractivity contribution < 1.29 is 14.7 Å². The number of hydrogen-bond acceptors (Lipinski definition) is 7. The van der Waals surface area contributed by atoms with Crippen LogP contribution in [0.3, 0.4) is 0 Å². The molecule has 1 saturated heterocycles. The number of carbonyl (C=O) groups is 2. The Morgan fingerprint density at radius 3 is 2.73 bits per heavy atom. The summed E-state index contributed by atoms with van der Waals surface area (Å²) in [6.07, 6.45) is 5.85. The van der Waals surface area contributed by atoms with E-state index in [1.807, 2.05) is 41.1 Å². The highest BCUT2D eigenvalue weighted by Gasteiger charge is 2.28. The molecule has 40 heavy (non-hydrogen) atoms. The molecule has 1 aliphatic rings. The molecule has 2 amide bonds. The second kappa shape index (κ2) is 11.7. The fraction of sp³-hybridized carbons (Fsp3) is 0.300. The van der Waals surface area contributed by atoms with Gasteiger partial charge in [0.25, 0.3) is 5.91 Å². The number of hydrogen-bond donors (Lipinski definition) is 3. The molecule has 1 fully saturated rings. The summed E-state index contributed by atoms with van der Waals surface area (Å²) in [4.78, 5) is 36.1. The van der Waals surface area contributed by atoms with Gasteiger partial charge in [-0.25, -0.2) is 14.6 Å². The molecule has 0 spiro atoms. The van der Waals surface area contributed by atoms with Gasteiger partial charge in [0, 0.05) is 36.0 Å². The van der Waals surface area contributed by atoms with Crippen molar-refractivity contribution in [1.82, 2.24) is 24.6 Å². The second-order valence-corrected chi connectivity index (χ2v) is 10.2. The molecule has 2 aromatic heterocycles. The standard InChI is InChI=1S/C30H33N7O3/c1-19(2)20-10-12-23(13-11-20)34-30(40)22-7-3-6-21(16-22)27-26-28(31)32-18-33-29(26)37(35-27)24-8-4-14-36(17-24)25(39)9-5-15-38/h3,5-7,9-13,16,18-19,24,38H,4,8,14-15,17H2,1-2H3,(H,34,40)(H2,31,32,33).